The molecule has 3 rings (SSSR count). The molecule has 0 radical (unpaired) electrons. The number of rotatable bonds is 5. The van der Waals surface area contributed by atoms with Crippen LogP contribution in [0.1, 0.15) is 39.0 Å². The summed E-state index contributed by atoms with van der Waals surface area (Å²) in [5.41, 5.74) is 3.14. The molecule has 0 atom stereocenters. The van der Waals surface area contributed by atoms with Crippen molar-refractivity contribution in [3.63, 3.8) is 0 Å². The lowest BCUT2D eigenvalue weighted by Crippen LogP contribution is -2.08. The molecule has 5 heteroatoms. The van der Waals surface area contributed by atoms with Gasteiger partial charge in [0.05, 0.1) is 6.61 Å². The van der Waals surface area contributed by atoms with Crippen LogP contribution < -0.4 is 0 Å². The molecule has 0 aliphatic carbocycles. The minimum Gasteiger partial charge on any atom is -0.461 e. The minimum atomic E-state index is -0.529. The van der Waals surface area contributed by atoms with Gasteiger partial charge in [-0.25, -0.2) is 4.79 Å². The molecule has 3 aromatic rings. The monoisotopic (exact) mass is 334 g/mol. The molecule has 0 bridgehead atoms. The van der Waals surface area contributed by atoms with Gasteiger partial charge in [-0.3, -0.25) is 9.89 Å². The van der Waals surface area contributed by atoms with Gasteiger partial charge in [-0.2, -0.15) is 5.10 Å². The summed E-state index contributed by atoms with van der Waals surface area (Å²) in [6.07, 6.45) is 0. The summed E-state index contributed by atoms with van der Waals surface area (Å²) >= 11 is 0. The van der Waals surface area contributed by atoms with E-state index in [2.05, 4.69) is 10.2 Å². The zero-order valence-electron chi connectivity index (χ0n) is 14.1. The Bertz CT molecular complexity index is 914. The fourth-order valence-corrected chi connectivity index (χ4v) is 2.67. The smallest absolute Gasteiger partial charge is 0.357 e. The second-order valence-electron chi connectivity index (χ2n) is 5.61. The van der Waals surface area contributed by atoms with Crippen LogP contribution in [0.2, 0.25) is 0 Å². The van der Waals surface area contributed by atoms with Crippen molar-refractivity contribution in [3.8, 4) is 11.1 Å². The number of carbonyl (C=O) groups excluding carboxylic acids is 2. The maximum Gasteiger partial charge on any atom is 0.357 e. The highest BCUT2D eigenvalue weighted by molar-refractivity contribution is 6.14. The molecule has 1 aromatic heterocycles. The van der Waals surface area contributed by atoms with Crippen molar-refractivity contribution in [2.75, 3.05) is 6.61 Å². The van der Waals surface area contributed by atoms with Gasteiger partial charge in [-0.05, 0) is 19.4 Å². The Morgan fingerprint density at radius 3 is 2.52 bits per heavy atom. The number of esters is 1. The summed E-state index contributed by atoms with van der Waals surface area (Å²) in [7, 11) is 0. The molecule has 0 spiro atoms. The number of hydrogen-bond acceptors (Lipinski definition) is 4. The molecule has 25 heavy (non-hydrogen) atoms. The first-order valence-corrected chi connectivity index (χ1v) is 8.04. The highest BCUT2D eigenvalue weighted by Crippen LogP contribution is 2.29. The second-order valence-corrected chi connectivity index (χ2v) is 5.61. The van der Waals surface area contributed by atoms with E-state index < -0.39 is 5.97 Å². The van der Waals surface area contributed by atoms with Crippen molar-refractivity contribution >= 4 is 11.8 Å². The van der Waals surface area contributed by atoms with E-state index in [9.17, 15) is 9.59 Å². The molecule has 1 heterocycles. The molecular formula is C20H18N2O3. The summed E-state index contributed by atoms with van der Waals surface area (Å²) < 4.78 is 5.10. The van der Waals surface area contributed by atoms with Crippen LogP contribution in [0.3, 0.4) is 0 Å². The van der Waals surface area contributed by atoms with Gasteiger partial charge in [-0.15, -0.1) is 0 Å². The van der Waals surface area contributed by atoms with Gasteiger partial charge in [0.2, 0.25) is 5.78 Å². The number of nitrogens with zero attached hydrogens (tertiary/aromatic N) is 1. The molecule has 0 fully saturated rings. The molecule has 1 N–H and O–H groups in total. The predicted octanol–water partition coefficient (Wildman–Crippen LogP) is 3.79. The number of aromatic amines is 1. The Hall–Kier alpha value is -3.21. The third kappa shape index (κ3) is 3.35. The largest absolute Gasteiger partial charge is 0.461 e. The van der Waals surface area contributed by atoms with E-state index in [1.165, 1.54) is 0 Å². The predicted molar refractivity (Wildman–Crippen MR) is 94.6 cm³/mol. The van der Waals surface area contributed by atoms with E-state index in [4.69, 9.17) is 4.74 Å². The average molecular weight is 334 g/mol. The number of benzene rings is 2. The number of hydrogen-bond donors (Lipinski definition) is 1. The highest BCUT2D eigenvalue weighted by Gasteiger charge is 2.26. The van der Waals surface area contributed by atoms with Gasteiger partial charge >= 0.3 is 5.97 Å². The van der Waals surface area contributed by atoms with E-state index in [0.717, 1.165) is 11.1 Å². The zero-order chi connectivity index (χ0) is 17.8. The van der Waals surface area contributed by atoms with Crippen LogP contribution in [0, 0.1) is 6.92 Å². The number of H-pyrrole nitrogens is 1. The van der Waals surface area contributed by atoms with Gasteiger partial charge in [0.15, 0.2) is 5.69 Å². The molecule has 0 saturated carbocycles. The molecule has 126 valence electrons. The highest BCUT2D eigenvalue weighted by atomic mass is 16.5. The van der Waals surface area contributed by atoms with Crippen molar-refractivity contribution < 1.29 is 14.3 Å². The zero-order valence-corrected chi connectivity index (χ0v) is 14.1. The van der Waals surface area contributed by atoms with Crippen molar-refractivity contribution in [1.82, 2.24) is 10.2 Å². The average Bonchev–Trinajstić information content (AvgIpc) is 3.07. The molecule has 0 amide bonds. The number of aryl methyl sites for hydroxylation is 1. The first-order chi connectivity index (χ1) is 12.1. The van der Waals surface area contributed by atoms with Crippen LogP contribution in [0.5, 0.6) is 0 Å². The van der Waals surface area contributed by atoms with Crippen molar-refractivity contribution in [1.29, 1.82) is 0 Å². The van der Waals surface area contributed by atoms with Crippen LogP contribution >= 0.6 is 0 Å². The van der Waals surface area contributed by atoms with Crippen molar-refractivity contribution in [2.45, 2.75) is 13.8 Å². The quantitative estimate of drug-likeness (QED) is 0.569. The maximum absolute atomic E-state index is 12.9. The summed E-state index contributed by atoms with van der Waals surface area (Å²) in [5.74, 6) is -0.775. The second kappa shape index (κ2) is 7.13. The molecule has 0 unspecified atom stereocenters. The van der Waals surface area contributed by atoms with Crippen LogP contribution in [-0.4, -0.2) is 28.6 Å². The molecular weight excluding hydrogens is 316 g/mol. The lowest BCUT2D eigenvalue weighted by Gasteiger charge is -2.07. The van der Waals surface area contributed by atoms with Crippen molar-refractivity contribution in [2.24, 2.45) is 0 Å². The van der Waals surface area contributed by atoms with Crippen molar-refractivity contribution in [3.05, 3.63) is 77.1 Å². The Morgan fingerprint density at radius 2 is 1.84 bits per heavy atom. The first-order valence-electron chi connectivity index (χ1n) is 8.04. The Kier molecular flexibility index (Phi) is 4.75. The third-order valence-electron chi connectivity index (χ3n) is 3.80. The lowest BCUT2D eigenvalue weighted by atomic mass is 9.97. The Balaban J connectivity index is 2.16. The standard InChI is InChI=1S/C20H18N2O3/c1-3-25-20(24)18-16(15-11-7-8-13(2)12-15)17(21-22-18)19(23)14-9-5-4-6-10-14/h4-12H,3H2,1-2H3,(H,21,22). The number of nitrogens with one attached hydrogen (secondary N) is 1. The minimum absolute atomic E-state index is 0.187. The van der Waals surface area contributed by atoms with Gasteiger partial charge in [0.25, 0.3) is 0 Å². The maximum atomic E-state index is 12.9. The summed E-state index contributed by atoms with van der Waals surface area (Å²) in [6.45, 7) is 3.93. The summed E-state index contributed by atoms with van der Waals surface area (Å²) in [6, 6.07) is 16.5. The van der Waals surface area contributed by atoms with Gasteiger partial charge in [0.1, 0.15) is 5.69 Å². The third-order valence-corrected chi connectivity index (χ3v) is 3.80. The fraction of sp³-hybridized carbons (Fsp3) is 0.150. The van der Waals surface area contributed by atoms with E-state index in [1.807, 2.05) is 37.3 Å². The van der Waals surface area contributed by atoms with Gasteiger partial charge in [-0.1, -0.05) is 60.2 Å². The van der Waals surface area contributed by atoms with Gasteiger partial charge in [0, 0.05) is 11.1 Å². The molecule has 0 saturated heterocycles. The Morgan fingerprint density at radius 1 is 1.08 bits per heavy atom. The van der Waals surface area contributed by atoms with Crippen LogP contribution in [0.25, 0.3) is 11.1 Å². The van der Waals surface area contributed by atoms with Crippen LogP contribution in [0.4, 0.5) is 0 Å². The summed E-state index contributed by atoms with van der Waals surface area (Å²) in [4.78, 5) is 25.2. The number of carbonyl (C=O) groups is 2. The van der Waals surface area contributed by atoms with E-state index in [0.29, 0.717) is 11.1 Å². The Labute approximate surface area is 145 Å². The molecule has 0 aliphatic heterocycles. The fourth-order valence-electron chi connectivity index (χ4n) is 2.67. The molecule has 0 aliphatic rings. The SMILES string of the molecule is CCOC(=O)c1[nH]nc(C(=O)c2ccccc2)c1-c1cccc(C)c1. The first kappa shape index (κ1) is 16.6. The normalized spacial score (nSPS) is 10.5. The van der Waals surface area contributed by atoms with Gasteiger partial charge < -0.3 is 4.74 Å². The van der Waals surface area contributed by atoms with E-state index >= 15 is 0 Å². The van der Waals surface area contributed by atoms with E-state index in [1.54, 1.807) is 31.2 Å². The van der Waals surface area contributed by atoms with Crippen LogP contribution in [0.15, 0.2) is 54.6 Å². The number of aromatic nitrogens is 2. The lowest BCUT2D eigenvalue weighted by molar-refractivity contribution is 0.0520. The summed E-state index contributed by atoms with van der Waals surface area (Å²) in [5, 5.41) is 6.81. The topological polar surface area (TPSA) is 72.1 Å². The molecule has 2 aromatic carbocycles. The van der Waals surface area contributed by atoms with Crippen LogP contribution in [-0.2, 0) is 4.74 Å². The van der Waals surface area contributed by atoms with E-state index in [-0.39, 0.29) is 23.8 Å². The molecule has 5 nitrogen and oxygen atoms in total. The number of ether oxygens (including phenoxy) is 1. The number of ketones is 1.